The zero-order valence-corrected chi connectivity index (χ0v) is 12.6. The number of hydrogen-bond donors (Lipinski definition) is 1. The Balaban J connectivity index is 2.66. The Morgan fingerprint density at radius 3 is 2.11 bits per heavy atom. The highest BCUT2D eigenvalue weighted by Crippen LogP contribution is 2.26. The van der Waals surface area contributed by atoms with Gasteiger partial charge >= 0.3 is 5.97 Å². The first kappa shape index (κ1) is 15.5. The third-order valence-electron chi connectivity index (χ3n) is 3.23. The fourth-order valence-electron chi connectivity index (χ4n) is 1.65. The molecule has 19 heavy (non-hydrogen) atoms. The van der Waals surface area contributed by atoms with Gasteiger partial charge in [0.05, 0.1) is 12.0 Å². The molecule has 0 atom stereocenters. The first-order chi connectivity index (χ1) is 8.63. The molecule has 0 heterocycles. The van der Waals surface area contributed by atoms with E-state index >= 15 is 0 Å². The second-order valence-electron chi connectivity index (χ2n) is 6.69. The number of hydrogen-bond acceptors (Lipinski definition) is 3. The largest absolute Gasteiger partial charge is 0.465 e. The maximum absolute atomic E-state index is 12.2. The number of benzene rings is 1. The van der Waals surface area contributed by atoms with Gasteiger partial charge in [0.15, 0.2) is 0 Å². The van der Waals surface area contributed by atoms with E-state index in [0.29, 0.717) is 12.3 Å². The molecule has 0 spiro atoms. The third-order valence-corrected chi connectivity index (χ3v) is 3.23. The molecule has 0 bridgehead atoms. The van der Waals surface area contributed by atoms with Gasteiger partial charge in [0.1, 0.15) is 0 Å². The summed E-state index contributed by atoms with van der Waals surface area (Å²) >= 11 is 0. The summed E-state index contributed by atoms with van der Waals surface area (Å²) in [5.74, 6) is -0.193. The van der Waals surface area contributed by atoms with Crippen molar-refractivity contribution in [2.75, 3.05) is 12.3 Å². The van der Waals surface area contributed by atoms with E-state index in [1.54, 1.807) is 12.1 Å². The molecule has 0 aliphatic rings. The summed E-state index contributed by atoms with van der Waals surface area (Å²) in [4.78, 5) is 12.2. The molecule has 0 aromatic heterocycles. The predicted octanol–water partition coefficient (Wildman–Crippen LogP) is 3.53. The summed E-state index contributed by atoms with van der Waals surface area (Å²) in [6.07, 6.45) is 0.858. The molecule has 0 aliphatic heterocycles. The van der Waals surface area contributed by atoms with Gasteiger partial charge < -0.3 is 10.5 Å². The fraction of sp³-hybridized carbons (Fsp3) is 0.562. The number of nitrogens with two attached hydrogens (primary N) is 1. The van der Waals surface area contributed by atoms with Crippen molar-refractivity contribution in [3.8, 4) is 0 Å². The van der Waals surface area contributed by atoms with E-state index in [1.165, 1.54) is 0 Å². The van der Waals surface area contributed by atoms with E-state index < -0.39 is 5.41 Å². The van der Waals surface area contributed by atoms with E-state index in [2.05, 4.69) is 20.8 Å². The highest BCUT2D eigenvalue weighted by molar-refractivity contribution is 5.82. The van der Waals surface area contributed by atoms with Gasteiger partial charge in [0.25, 0.3) is 0 Å². The molecule has 0 saturated carbocycles. The number of rotatable bonds is 4. The maximum atomic E-state index is 12.2. The number of esters is 1. The molecule has 0 aliphatic carbocycles. The van der Waals surface area contributed by atoms with Crippen LogP contribution in [-0.4, -0.2) is 12.6 Å². The summed E-state index contributed by atoms with van der Waals surface area (Å²) in [7, 11) is 0. The molecular weight excluding hydrogens is 238 g/mol. The highest BCUT2D eigenvalue weighted by Gasteiger charge is 2.31. The molecule has 0 radical (unpaired) electrons. The second-order valence-corrected chi connectivity index (χ2v) is 6.69. The van der Waals surface area contributed by atoms with Crippen molar-refractivity contribution in [2.24, 2.45) is 5.41 Å². The van der Waals surface area contributed by atoms with Gasteiger partial charge in [-0.25, -0.2) is 0 Å². The number of nitrogen functional groups attached to an aromatic ring is 1. The van der Waals surface area contributed by atoms with Crippen molar-refractivity contribution in [2.45, 2.75) is 46.5 Å². The molecule has 3 heteroatoms. The van der Waals surface area contributed by atoms with Crippen LogP contribution in [0.5, 0.6) is 0 Å². The summed E-state index contributed by atoms with van der Waals surface area (Å²) in [5, 5.41) is 0. The number of anilines is 1. The average Bonchev–Trinajstić information content (AvgIpc) is 2.27. The smallest absolute Gasteiger partial charge is 0.315 e. The zero-order chi connectivity index (χ0) is 14.7. The Morgan fingerprint density at radius 2 is 1.63 bits per heavy atom. The summed E-state index contributed by atoms with van der Waals surface area (Å²) < 4.78 is 5.40. The van der Waals surface area contributed by atoms with E-state index in [4.69, 9.17) is 10.5 Å². The normalized spacial score (nSPS) is 12.3. The van der Waals surface area contributed by atoms with E-state index in [-0.39, 0.29) is 11.4 Å². The molecule has 1 aromatic carbocycles. The van der Waals surface area contributed by atoms with Crippen LogP contribution in [0.15, 0.2) is 24.3 Å². The quantitative estimate of drug-likeness (QED) is 0.668. The van der Waals surface area contributed by atoms with E-state index in [9.17, 15) is 4.79 Å². The monoisotopic (exact) mass is 263 g/mol. The first-order valence-corrected chi connectivity index (χ1v) is 6.66. The Bertz CT molecular complexity index is 427. The van der Waals surface area contributed by atoms with Crippen LogP contribution in [0.25, 0.3) is 0 Å². The maximum Gasteiger partial charge on any atom is 0.315 e. The molecule has 0 saturated heterocycles. The minimum atomic E-state index is -0.647. The predicted molar refractivity (Wildman–Crippen MR) is 78.9 cm³/mol. The topological polar surface area (TPSA) is 52.3 Å². The van der Waals surface area contributed by atoms with Crippen molar-refractivity contribution in [3.05, 3.63) is 29.8 Å². The van der Waals surface area contributed by atoms with Crippen molar-refractivity contribution in [3.63, 3.8) is 0 Å². The van der Waals surface area contributed by atoms with E-state index in [0.717, 1.165) is 12.0 Å². The van der Waals surface area contributed by atoms with Gasteiger partial charge in [-0.3, -0.25) is 4.79 Å². The molecule has 3 nitrogen and oxygen atoms in total. The van der Waals surface area contributed by atoms with Crippen molar-refractivity contribution in [1.82, 2.24) is 0 Å². The average molecular weight is 263 g/mol. The van der Waals surface area contributed by atoms with Gasteiger partial charge in [-0.15, -0.1) is 0 Å². The van der Waals surface area contributed by atoms with Gasteiger partial charge in [0, 0.05) is 5.69 Å². The molecule has 0 unspecified atom stereocenters. The van der Waals surface area contributed by atoms with Crippen molar-refractivity contribution in [1.29, 1.82) is 0 Å². The molecule has 0 amide bonds. The fourth-order valence-corrected chi connectivity index (χ4v) is 1.65. The van der Waals surface area contributed by atoms with Crippen LogP contribution in [0.3, 0.4) is 0 Å². The van der Waals surface area contributed by atoms with Crippen LogP contribution in [-0.2, 0) is 14.9 Å². The number of ether oxygens (including phenoxy) is 1. The van der Waals surface area contributed by atoms with Gasteiger partial charge in [0.2, 0.25) is 0 Å². The second kappa shape index (κ2) is 5.64. The lowest BCUT2D eigenvalue weighted by molar-refractivity contribution is -0.150. The SMILES string of the molecule is CC(C)(C)CCOC(=O)C(C)(C)c1ccc(N)cc1. The molecule has 1 rings (SSSR count). The lowest BCUT2D eigenvalue weighted by Gasteiger charge is -2.25. The van der Waals surface area contributed by atoms with Crippen LogP contribution >= 0.6 is 0 Å². The van der Waals surface area contributed by atoms with Crippen LogP contribution < -0.4 is 5.73 Å². The summed E-state index contributed by atoms with van der Waals surface area (Å²) in [6.45, 7) is 10.6. The zero-order valence-electron chi connectivity index (χ0n) is 12.6. The van der Waals surface area contributed by atoms with Crippen LogP contribution in [0.2, 0.25) is 0 Å². The Morgan fingerprint density at radius 1 is 1.11 bits per heavy atom. The number of carbonyl (C=O) groups excluding carboxylic acids is 1. The van der Waals surface area contributed by atoms with E-state index in [1.807, 2.05) is 26.0 Å². The Kier molecular flexibility index (Phi) is 4.61. The lowest BCUT2D eigenvalue weighted by Crippen LogP contribution is -2.31. The number of carbonyl (C=O) groups is 1. The van der Waals surface area contributed by atoms with Gasteiger partial charge in [-0.1, -0.05) is 32.9 Å². The lowest BCUT2D eigenvalue weighted by atomic mass is 9.84. The van der Waals surface area contributed by atoms with Gasteiger partial charge in [-0.2, -0.15) is 0 Å². The molecule has 1 aromatic rings. The first-order valence-electron chi connectivity index (χ1n) is 6.66. The minimum absolute atomic E-state index is 0.172. The Hall–Kier alpha value is -1.51. The van der Waals surface area contributed by atoms with Crippen LogP contribution in [0.4, 0.5) is 5.69 Å². The molecule has 106 valence electrons. The molecule has 0 fully saturated rings. The minimum Gasteiger partial charge on any atom is -0.465 e. The Labute approximate surface area is 116 Å². The molecule has 2 N–H and O–H groups in total. The summed E-state index contributed by atoms with van der Waals surface area (Å²) in [5.41, 5.74) is 6.80. The third kappa shape index (κ3) is 4.58. The van der Waals surface area contributed by atoms with Crippen molar-refractivity contribution >= 4 is 11.7 Å². The van der Waals surface area contributed by atoms with Crippen LogP contribution in [0.1, 0.15) is 46.6 Å². The highest BCUT2D eigenvalue weighted by atomic mass is 16.5. The van der Waals surface area contributed by atoms with Crippen molar-refractivity contribution < 1.29 is 9.53 Å². The standard InChI is InChI=1S/C16H25NO2/c1-15(2,3)10-11-19-14(18)16(4,5)12-6-8-13(17)9-7-12/h6-9H,10-11,17H2,1-5H3. The summed E-state index contributed by atoms with van der Waals surface area (Å²) in [6, 6.07) is 7.36. The molecular formula is C16H25NO2. The van der Waals surface area contributed by atoms with Gasteiger partial charge in [-0.05, 0) is 43.4 Å². The van der Waals surface area contributed by atoms with Crippen LogP contribution in [0, 0.1) is 5.41 Å².